The lowest BCUT2D eigenvalue weighted by atomic mass is 10.2. The van der Waals surface area contributed by atoms with Gasteiger partial charge in [-0.25, -0.2) is 4.98 Å². The summed E-state index contributed by atoms with van der Waals surface area (Å²) in [6.07, 6.45) is 0. The average Bonchev–Trinajstić information content (AvgIpc) is 3.21. The zero-order chi connectivity index (χ0) is 18.7. The van der Waals surface area contributed by atoms with E-state index in [1.54, 1.807) is 6.07 Å². The Balaban J connectivity index is 1.70. The fourth-order valence-electron chi connectivity index (χ4n) is 2.09. The van der Waals surface area contributed by atoms with Crippen molar-refractivity contribution in [1.82, 2.24) is 4.98 Å². The van der Waals surface area contributed by atoms with E-state index in [1.807, 2.05) is 37.3 Å². The summed E-state index contributed by atoms with van der Waals surface area (Å²) in [5.41, 5.74) is 6.94. The smallest absolute Gasteiger partial charge is 0.267 e. The van der Waals surface area contributed by atoms with Gasteiger partial charge in [0.2, 0.25) is 5.91 Å². The predicted octanol–water partition coefficient (Wildman–Crippen LogP) is 4.66. The Morgan fingerprint density at radius 3 is 2.62 bits per heavy atom. The Kier molecular flexibility index (Phi) is 5.98. The summed E-state index contributed by atoms with van der Waals surface area (Å²) in [5, 5.41) is 3.98. The summed E-state index contributed by atoms with van der Waals surface area (Å²) in [4.78, 5) is 29.3. The summed E-state index contributed by atoms with van der Waals surface area (Å²) < 4.78 is 0.868. The van der Waals surface area contributed by atoms with Crippen molar-refractivity contribution in [3.63, 3.8) is 0 Å². The first-order chi connectivity index (χ1) is 12.4. The Labute approximate surface area is 167 Å². The number of nitrogens with zero attached hydrogens (tertiary/aromatic N) is 1. The molecule has 0 radical (unpaired) electrons. The fraction of sp³-hybridized carbons (Fsp3) is 0.118. The molecule has 0 aliphatic heterocycles. The minimum Gasteiger partial charge on any atom is -0.369 e. The molecule has 134 valence electrons. The molecule has 0 saturated heterocycles. The van der Waals surface area contributed by atoms with Crippen molar-refractivity contribution in [2.75, 3.05) is 11.1 Å². The van der Waals surface area contributed by atoms with Crippen LogP contribution in [0.25, 0.3) is 10.4 Å². The molecular formula is C17H14ClN3O2S3. The van der Waals surface area contributed by atoms with E-state index in [0.717, 1.165) is 20.3 Å². The van der Waals surface area contributed by atoms with Crippen molar-refractivity contribution in [3.8, 4) is 10.4 Å². The number of thiophene rings is 1. The Morgan fingerprint density at radius 2 is 1.92 bits per heavy atom. The Bertz CT molecular complexity index is 951. The number of aromatic nitrogens is 1. The number of rotatable bonds is 6. The molecular weight excluding hydrogens is 410 g/mol. The highest BCUT2D eigenvalue weighted by atomic mass is 35.5. The topological polar surface area (TPSA) is 85.1 Å². The molecule has 2 heterocycles. The van der Waals surface area contributed by atoms with E-state index < -0.39 is 0 Å². The molecule has 2 amide bonds. The first kappa shape index (κ1) is 18.9. The monoisotopic (exact) mass is 423 g/mol. The number of halogens is 1. The highest BCUT2D eigenvalue weighted by Crippen LogP contribution is 2.33. The molecule has 2 aromatic heterocycles. The van der Waals surface area contributed by atoms with Crippen LogP contribution in [0.15, 0.2) is 40.6 Å². The molecule has 0 aliphatic rings. The van der Waals surface area contributed by atoms with Crippen molar-refractivity contribution in [1.29, 1.82) is 0 Å². The number of benzene rings is 1. The lowest BCUT2D eigenvalue weighted by Gasteiger charge is -1.99. The van der Waals surface area contributed by atoms with Crippen LogP contribution in [0.3, 0.4) is 0 Å². The molecule has 0 atom stereocenters. The lowest BCUT2D eigenvalue weighted by molar-refractivity contribution is -0.115. The van der Waals surface area contributed by atoms with Crippen LogP contribution in [0.1, 0.15) is 15.4 Å². The van der Waals surface area contributed by atoms with E-state index in [4.69, 9.17) is 17.3 Å². The number of anilines is 1. The number of carbonyl (C=O) groups is 2. The summed E-state index contributed by atoms with van der Waals surface area (Å²) in [5.74, 6) is -0.414. The first-order valence-corrected chi connectivity index (χ1v) is 10.5. The average molecular weight is 424 g/mol. The van der Waals surface area contributed by atoms with Crippen LogP contribution in [0.2, 0.25) is 5.02 Å². The molecule has 0 fully saturated rings. The first-order valence-electron chi connectivity index (χ1n) is 7.48. The van der Waals surface area contributed by atoms with Gasteiger partial charge in [-0.1, -0.05) is 35.1 Å². The Morgan fingerprint density at radius 1 is 1.19 bits per heavy atom. The van der Waals surface area contributed by atoms with Gasteiger partial charge in [-0.2, -0.15) is 0 Å². The summed E-state index contributed by atoms with van der Waals surface area (Å²) >= 11 is 9.96. The maximum absolute atomic E-state index is 12.5. The van der Waals surface area contributed by atoms with Crippen LogP contribution < -0.4 is 11.1 Å². The highest BCUT2D eigenvalue weighted by molar-refractivity contribution is 8.01. The molecule has 3 aromatic rings. The number of nitrogens with one attached hydrogen (secondary N) is 1. The van der Waals surface area contributed by atoms with Crippen molar-refractivity contribution in [2.24, 2.45) is 5.73 Å². The molecule has 3 N–H and O–H groups in total. The van der Waals surface area contributed by atoms with Gasteiger partial charge in [-0.15, -0.1) is 23.1 Å². The van der Waals surface area contributed by atoms with Crippen LogP contribution in [-0.2, 0) is 4.79 Å². The molecule has 3 rings (SSSR count). The fourth-order valence-corrected chi connectivity index (χ4v) is 5.00. The maximum atomic E-state index is 12.5. The van der Waals surface area contributed by atoms with E-state index >= 15 is 0 Å². The summed E-state index contributed by atoms with van der Waals surface area (Å²) in [6, 6.07) is 11.2. The number of carbonyl (C=O) groups excluding carboxylic acids is 2. The second kappa shape index (κ2) is 8.22. The summed E-state index contributed by atoms with van der Waals surface area (Å²) in [7, 11) is 0. The van der Waals surface area contributed by atoms with Gasteiger partial charge in [0.1, 0.15) is 0 Å². The SMILES string of the molecule is Cc1nc(NC(=O)c2ccc(-c3ccc(Cl)cc3)s2)sc1SCC(N)=O. The third-order valence-corrected chi connectivity index (χ3v) is 7.12. The van der Waals surface area contributed by atoms with Gasteiger partial charge in [0.25, 0.3) is 5.91 Å². The standard InChI is InChI=1S/C17H14ClN3O2S3/c1-9-16(24-8-14(19)22)26-17(20-9)21-15(23)13-7-6-12(25-13)10-2-4-11(18)5-3-10/h2-7H,8H2,1H3,(H2,19,22)(H,20,21,23). The largest absolute Gasteiger partial charge is 0.369 e. The third kappa shape index (κ3) is 4.64. The van der Waals surface area contributed by atoms with Gasteiger partial charge in [0.15, 0.2) is 5.13 Å². The molecule has 9 heteroatoms. The maximum Gasteiger partial charge on any atom is 0.267 e. The molecule has 0 unspecified atom stereocenters. The molecule has 0 spiro atoms. The highest BCUT2D eigenvalue weighted by Gasteiger charge is 2.15. The van der Waals surface area contributed by atoms with Crippen molar-refractivity contribution < 1.29 is 9.59 Å². The van der Waals surface area contributed by atoms with Gasteiger partial charge >= 0.3 is 0 Å². The molecule has 1 aromatic carbocycles. The van der Waals surface area contributed by atoms with E-state index in [9.17, 15) is 9.59 Å². The minimum atomic E-state index is -0.387. The van der Waals surface area contributed by atoms with Gasteiger partial charge < -0.3 is 5.73 Å². The van der Waals surface area contributed by atoms with Gasteiger partial charge in [0.05, 0.1) is 20.5 Å². The van der Waals surface area contributed by atoms with Gasteiger partial charge in [-0.3, -0.25) is 14.9 Å². The quantitative estimate of drug-likeness (QED) is 0.564. The van der Waals surface area contributed by atoms with Crippen molar-refractivity contribution >= 4 is 63.0 Å². The van der Waals surface area contributed by atoms with Crippen LogP contribution in [0.4, 0.5) is 5.13 Å². The van der Waals surface area contributed by atoms with Crippen molar-refractivity contribution in [2.45, 2.75) is 11.1 Å². The second-order valence-electron chi connectivity index (χ2n) is 5.27. The predicted molar refractivity (Wildman–Crippen MR) is 109 cm³/mol. The molecule has 26 heavy (non-hydrogen) atoms. The van der Waals surface area contributed by atoms with E-state index in [1.165, 1.54) is 34.4 Å². The molecule has 0 saturated carbocycles. The number of thiazole rings is 1. The number of nitrogens with two attached hydrogens (primary N) is 1. The summed E-state index contributed by atoms with van der Waals surface area (Å²) in [6.45, 7) is 1.83. The number of amides is 2. The zero-order valence-corrected chi connectivity index (χ0v) is 16.8. The van der Waals surface area contributed by atoms with Crippen LogP contribution >= 0.6 is 46.0 Å². The van der Waals surface area contributed by atoms with E-state index in [2.05, 4.69) is 10.3 Å². The zero-order valence-electron chi connectivity index (χ0n) is 13.6. The number of thioether (sulfide) groups is 1. The molecule has 0 aliphatic carbocycles. The van der Waals surface area contributed by atoms with Crippen molar-refractivity contribution in [3.05, 3.63) is 52.0 Å². The lowest BCUT2D eigenvalue weighted by Crippen LogP contribution is -2.12. The van der Waals surface area contributed by atoms with Gasteiger partial charge in [0, 0.05) is 9.90 Å². The third-order valence-electron chi connectivity index (χ3n) is 3.28. The number of aryl methyl sites for hydroxylation is 1. The number of hydrogen-bond donors (Lipinski definition) is 2. The normalized spacial score (nSPS) is 10.7. The second-order valence-corrected chi connectivity index (χ2v) is 9.04. The number of primary amides is 1. The number of hydrogen-bond acceptors (Lipinski definition) is 6. The van der Waals surface area contributed by atoms with Gasteiger partial charge in [-0.05, 0) is 36.8 Å². The van der Waals surface area contributed by atoms with E-state index in [-0.39, 0.29) is 17.6 Å². The minimum absolute atomic E-state index is 0.186. The van der Waals surface area contributed by atoms with Crippen LogP contribution in [0, 0.1) is 6.92 Å². The Hall–Kier alpha value is -1.87. The van der Waals surface area contributed by atoms with Crippen LogP contribution in [-0.4, -0.2) is 22.6 Å². The van der Waals surface area contributed by atoms with E-state index in [0.29, 0.717) is 15.0 Å². The molecule has 0 bridgehead atoms. The molecule has 5 nitrogen and oxygen atoms in total. The van der Waals surface area contributed by atoms with Crippen LogP contribution in [0.5, 0.6) is 0 Å².